The molecular weight excluding hydrogens is 452 g/mol. The van der Waals surface area contributed by atoms with Crippen LogP contribution in [-0.4, -0.2) is 67.5 Å². The zero-order valence-electron chi connectivity index (χ0n) is 18.4. The molecule has 0 amide bonds. The molecule has 1 aromatic carbocycles. The summed E-state index contributed by atoms with van der Waals surface area (Å²) in [5, 5.41) is 13.5. The van der Waals surface area contributed by atoms with Crippen molar-refractivity contribution >= 4 is 29.4 Å². The van der Waals surface area contributed by atoms with E-state index in [0.717, 1.165) is 36.6 Å². The van der Waals surface area contributed by atoms with Gasteiger partial charge in [0, 0.05) is 17.5 Å². The summed E-state index contributed by atoms with van der Waals surface area (Å²) in [6.45, 7) is 3.72. The highest BCUT2D eigenvalue weighted by Gasteiger charge is 2.20. The van der Waals surface area contributed by atoms with Crippen LogP contribution in [0.2, 0.25) is 0 Å². The number of likely N-dealkylation sites (tertiary alicyclic amines) is 1. The summed E-state index contributed by atoms with van der Waals surface area (Å²) < 4.78 is 11.3. The maximum atomic E-state index is 11.6. The first-order chi connectivity index (χ1) is 16.7. The van der Waals surface area contributed by atoms with Gasteiger partial charge >= 0.3 is 0 Å². The summed E-state index contributed by atoms with van der Waals surface area (Å²) in [6, 6.07) is 7.18. The van der Waals surface area contributed by atoms with Crippen LogP contribution in [0.15, 0.2) is 59.2 Å². The second-order valence-electron chi connectivity index (χ2n) is 8.02. The van der Waals surface area contributed by atoms with Crippen molar-refractivity contribution in [2.75, 3.05) is 37.3 Å². The van der Waals surface area contributed by atoms with Crippen molar-refractivity contribution < 1.29 is 9.53 Å². The highest BCUT2D eigenvalue weighted by atomic mass is 32.1. The predicted molar refractivity (Wildman–Crippen MR) is 130 cm³/mol. The smallest absolute Gasteiger partial charge is 0.245 e. The molecule has 3 aromatic rings. The number of carbonyl (C=O) groups excluding carboxylic acids is 1. The molecule has 174 valence electrons. The Kier molecular flexibility index (Phi) is 6.48. The number of benzene rings is 1. The van der Waals surface area contributed by atoms with Gasteiger partial charge in [0.2, 0.25) is 11.9 Å². The van der Waals surface area contributed by atoms with Crippen LogP contribution in [0.1, 0.15) is 12.8 Å². The van der Waals surface area contributed by atoms with E-state index in [0.29, 0.717) is 23.9 Å². The maximum absolute atomic E-state index is 11.6. The van der Waals surface area contributed by atoms with Gasteiger partial charge < -0.3 is 15.8 Å². The van der Waals surface area contributed by atoms with Gasteiger partial charge in [-0.05, 0) is 61.7 Å². The zero-order valence-corrected chi connectivity index (χ0v) is 19.2. The minimum atomic E-state index is -0.432. The lowest BCUT2D eigenvalue weighted by molar-refractivity contribution is 0.179. The SMILES string of the molecule is Nc1nc(NC2C=CC(OCCN3CCCC3)=CC2=C=O)nn1-c1ccc(-c2csnn2)cc1. The Hall–Kier alpha value is -3.79. The molecule has 1 aliphatic carbocycles. The number of nitrogens with one attached hydrogen (secondary N) is 1. The fourth-order valence-corrected chi connectivity index (χ4v) is 4.44. The lowest BCUT2D eigenvalue weighted by Crippen LogP contribution is -2.25. The van der Waals surface area contributed by atoms with Gasteiger partial charge in [0.05, 0.1) is 17.3 Å². The molecule has 2 aromatic heterocycles. The van der Waals surface area contributed by atoms with Crippen molar-refractivity contribution in [1.29, 1.82) is 0 Å². The van der Waals surface area contributed by atoms with E-state index in [1.165, 1.54) is 29.1 Å². The Bertz CT molecular complexity index is 1240. The summed E-state index contributed by atoms with van der Waals surface area (Å²) in [4.78, 5) is 18.3. The van der Waals surface area contributed by atoms with Crippen LogP contribution in [0.4, 0.5) is 11.9 Å². The van der Waals surface area contributed by atoms with Crippen LogP contribution in [-0.2, 0) is 9.53 Å². The largest absolute Gasteiger partial charge is 0.492 e. The first kappa shape index (κ1) is 22.0. The molecule has 3 N–H and O–H groups in total. The van der Waals surface area contributed by atoms with Gasteiger partial charge in [-0.25, -0.2) is 4.79 Å². The monoisotopic (exact) mass is 476 g/mol. The molecule has 0 spiro atoms. The summed E-state index contributed by atoms with van der Waals surface area (Å²) in [6.07, 6.45) is 7.87. The van der Waals surface area contributed by atoms with Crippen LogP contribution in [0, 0.1) is 0 Å². The van der Waals surface area contributed by atoms with Gasteiger partial charge in [-0.15, -0.1) is 10.2 Å². The fourth-order valence-electron chi connectivity index (χ4n) is 3.97. The van der Waals surface area contributed by atoms with Crippen LogP contribution in [0.5, 0.6) is 0 Å². The van der Waals surface area contributed by atoms with Crippen molar-refractivity contribution in [2.45, 2.75) is 18.9 Å². The first-order valence-electron chi connectivity index (χ1n) is 11.1. The van der Waals surface area contributed by atoms with E-state index in [2.05, 4.69) is 29.9 Å². The molecule has 34 heavy (non-hydrogen) atoms. The summed E-state index contributed by atoms with van der Waals surface area (Å²) in [5.41, 5.74) is 9.03. The van der Waals surface area contributed by atoms with Gasteiger partial charge in [-0.1, -0.05) is 22.7 Å². The second-order valence-corrected chi connectivity index (χ2v) is 8.63. The fraction of sp³-hybridized carbons (Fsp3) is 0.304. The summed E-state index contributed by atoms with van der Waals surface area (Å²) in [7, 11) is 0. The van der Waals surface area contributed by atoms with Crippen molar-refractivity contribution in [2.24, 2.45) is 0 Å². The number of rotatable bonds is 8. The zero-order chi connectivity index (χ0) is 23.3. The number of nitrogens with zero attached hydrogens (tertiary/aromatic N) is 6. The predicted octanol–water partition coefficient (Wildman–Crippen LogP) is 2.47. The van der Waals surface area contributed by atoms with E-state index in [1.54, 1.807) is 6.08 Å². The van der Waals surface area contributed by atoms with Crippen molar-refractivity contribution in [3.63, 3.8) is 0 Å². The van der Waals surface area contributed by atoms with Gasteiger partial charge in [0.25, 0.3) is 0 Å². The average Bonchev–Trinajstić information content (AvgIpc) is 3.63. The van der Waals surface area contributed by atoms with E-state index in [-0.39, 0.29) is 5.95 Å². The topological polar surface area (TPSA) is 124 Å². The van der Waals surface area contributed by atoms with Gasteiger partial charge in [-0.3, -0.25) is 4.90 Å². The lowest BCUT2D eigenvalue weighted by atomic mass is 10.0. The molecule has 1 fully saturated rings. The Morgan fingerprint density at radius 2 is 2.06 bits per heavy atom. The molecule has 0 bridgehead atoms. The number of ether oxygens (including phenoxy) is 1. The molecule has 1 saturated heterocycles. The van der Waals surface area contributed by atoms with E-state index >= 15 is 0 Å². The molecular formula is C23H24N8O2S. The molecule has 1 atom stereocenters. The second kappa shape index (κ2) is 10.0. The number of allylic oxidation sites excluding steroid dienone is 1. The van der Waals surface area contributed by atoms with Crippen LogP contribution >= 0.6 is 11.5 Å². The van der Waals surface area contributed by atoms with Gasteiger partial charge in [-0.2, -0.15) is 9.67 Å². The highest BCUT2D eigenvalue weighted by molar-refractivity contribution is 7.03. The number of anilines is 2. The molecule has 5 rings (SSSR count). The average molecular weight is 477 g/mol. The van der Waals surface area contributed by atoms with Crippen molar-refractivity contribution in [3.05, 3.63) is 59.2 Å². The Morgan fingerprint density at radius 1 is 1.24 bits per heavy atom. The third-order valence-corrected chi connectivity index (χ3v) is 6.27. The molecule has 1 aliphatic heterocycles. The van der Waals surface area contributed by atoms with Gasteiger partial charge in [0.15, 0.2) is 0 Å². The van der Waals surface area contributed by atoms with Crippen LogP contribution in [0.25, 0.3) is 16.9 Å². The Balaban J connectivity index is 1.22. The van der Waals surface area contributed by atoms with Crippen LogP contribution in [0.3, 0.4) is 0 Å². The van der Waals surface area contributed by atoms with E-state index < -0.39 is 6.04 Å². The minimum Gasteiger partial charge on any atom is -0.492 e. The number of nitrogen functional groups attached to an aromatic ring is 1. The van der Waals surface area contributed by atoms with Crippen LogP contribution < -0.4 is 11.1 Å². The van der Waals surface area contributed by atoms with E-state index in [1.807, 2.05) is 47.7 Å². The van der Waals surface area contributed by atoms with Crippen molar-refractivity contribution in [3.8, 4) is 16.9 Å². The third kappa shape index (κ3) is 4.91. The van der Waals surface area contributed by atoms with Crippen molar-refractivity contribution in [1.82, 2.24) is 29.3 Å². The van der Waals surface area contributed by atoms with Gasteiger partial charge in [0.1, 0.15) is 24.0 Å². The number of aromatic nitrogens is 5. The maximum Gasteiger partial charge on any atom is 0.245 e. The molecule has 1 unspecified atom stereocenters. The normalized spacial score (nSPS) is 18.1. The molecule has 3 heterocycles. The lowest BCUT2D eigenvalue weighted by Gasteiger charge is -2.19. The molecule has 2 aliphatic rings. The van der Waals surface area contributed by atoms with E-state index in [9.17, 15) is 4.79 Å². The number of hydrogen-bond acceptors (Lipinski definition) is 10. The van der Waals surface area contributed by atoms with E-state index in [4.69, 9.17) is 10.5 Å². The molecule has 10 nitrogen and oxygen atoms in total. The highest BCUT2D eigenvalue weighted by Crippen LogP contribution is 2.23. The Labute approximate surface area is 200 Å². The summed E-state index contributed by atoms with van der Waals surface area (Å²) >= 11 is 1.30. The molecule has 0 radical (unpaired) electrons. The third-order valence-electron chi connectivity index (χ3n) is 5.76. The quantitative estimate of drug-likeness (QED) is 0.472. The molecule has 0 saturated carbocycles. The standard InChI is InChI=1S/C23H24N8O2S/c24-22-26-23(28-31(22)18-5-3-16(4-6-18)21-15-34-29-27-21)25-20-8-7-19(13-17(20)14-32)33-12-11-30-9-1-2-10-30/h3-8,13,15,20H,1-2,9-12H2,(H3,24,25,26,28). The number of nitrogens with two attached hydrogens (primary N) is 1. The minimum absolute atomic E-state index is 0.225. The summed E-state index contributed by atoms with van der Waals surface area (Å²) in [5.74, 6) is 3.16. The first-order valence-corrected chi connectivity index (χ1v) is 11.9. The Morgan fingerprint density at radius 3 is 2.79 bits per heavy atom. The molecule has 11 heteroatoms. The number of hydrogen-bond donors (Lipinski definition) is 2.